The Morgan fingerprint density at radius 2 is 2.09 bits per heavy atom. The van der Waals surface area contributed by atoms with Crippen molar-refractivity contribution >= 4 is 42.7 Å². The third-order valence-electron chi connectivity index (χ3n) is 5.87. The second-order valence-electron chi connectivity index (χ2n) is 8.16. The number of rotatable bonds is 8. The van der Waals surface area contributed by atoms with Gasteiger partial charge in [0.15, 0.2) is 5.03 Å². The Bertz CT molecular complexity index is 1460. The van der Waals surface area contributed by atoms with Crippen molar-refractivity contribution in [1.29, 1.82) is 0 Å². The van der Waals surface area contributed by atoms with E-state index in [-0.39, 0.29) is 23.4 Å². The summed E-state index contributed by atoms with van der Waals surface area (Å²) in [7, 11) is -3.70. The van der Waals surface area contributed by atoms with Gasteiger partial charge in [-0.3, -0.25) is 0 Å². The number of ether oxygens (including phenoxy) is 1. The Hall–Kier alpha value is -2.84. The van der Waals surface area contributed by atoms with Gasteiger partial charge in [0.2, 0.25) is 0 Å². The lowest BCUT2D eigenvalue weighted by atomic mass is 10.1. The Balaban J connectivity index is 1.12. The maximum atomic E-state index is 13.1. The molecule has 0 radical (unpaired) electrons. The number of nitrogens with one attached hydrogen (secondary N) is 3. The van der Waals surface area contributed by atoms with Crippen LogP contribution < -0.4 is 15.7 Å². The third-order valence-corrected chi connectivity index (χ3v) is 8.49. The summed E-state index contributed by atoms with van der Waals surface area (Å²) in [5.74, 6) is 0.484. The fourth-order valence-electron chi connectivity index (χ4n) is 4.10. The predicted octanol–water partition coefficient (Wildman–Crippen LogP) is 1.04. The topological polar surface area (TPSA) is 153 Å². The number of para-hydroxylation sites is 1. The average Bonchev–Trinajstić information content (AvgIpc) is 3.47. The minimum Gasteiger partial charge on any atom is -0.489 e. The highest BCUT2D eigenvalue weighted by Crippen LogP contribution is 2.27. The summed E-state index contributed by atoms with van der Waals surface area (Å²) in [5.41, 5.74) is 0.879. The predicted molar refractivity (Wildman–Crippen MR) is 128 cm³/mol. The molecule has 1 fully saturated rings. The van der Waals surface area contributed by atoms with Crippen LogP contribution in [-0.4, -0.2) is 75.5 Å². The van der Waals surface area contributed by atoms with Crippen molar-refractivity contribution < 1.29 is 18.3 Å². The van der Waals surface area contributed by atoms with Gasteiger partial charge < -0.3 is 25.1 Å². The van der Waals surface area contributed by atoms with E-state index in [1.54, 1.807) is 30.5 Å². The number of nitrogens with zero attached hydrogens (tertiary/aromatic N) is 3. The zero-order valence-corrected chi connectivity index (χ0v) is 19.7. The molecule has 11 nitrogen and oxygen atoms in total. The molecule has 0 amide bonds. The van der Waals surface area contributed by atoms with E-state index in [9.17, 15) is 18.3 Å². The molecule has 0 aliphatic carbocycles. The Labute approximate surface area is 199 Å². The van der Waals surface area contributed by atoms with Crippen molar-refractivity contribution in [3.8, 4) is 5.75 Å². The van der Waals surface area contributed by atoms with E-state index >= 15 is 0 Å². The quantitative estimate of drug-likeness (QED) is 0.278. The highest BCUT2D eigenvalue weighted by atomic mass is 32.2. The number of hydrogen-bond acceptors (Lipinski definition) is 9. The first-order valence-corrected chi connectivity index (χ1v) is 13.1. The van der Waals surface area contributed by atoms with Crippen LogP contribution in [0.1, 0.15) is 12.8 Å². The highest BCUT2D eigenvalue weighted by Gasteiger charge is 2.32. The summed E-state index contributed by atoms with van der Waals surface area (Å²) in [4.78, 5) is 21.0. The zero-order chi connectivity index (χ0) is 23.7. The van der Waals surface area contributed by atoms with Crippen LogP contribution in [0.15, 0.2) is 46.5 Å². The van der Waals surface area contributed by atoms with Gasteiger partial charge in [-0.05, 0) is 42.6 Å². The Morgan fingerprint density at radius 3 is 2.91 bits per heavy atom. The molecule has 1 atom stereocenters. The van der Waals surface area contributed by atoms with Crippen molar-refractivity contribution in [1.82, 2.24) is 28.9 Å². The number of H-pyrrole nitrogens is 2. The fourth-order valence-corrected chi connectivity index (χ4v) is 6.38. The molecular weight excluding hydrogens is 480 g/mol. The van der Waals surface area contributed by atoms with E-state index in [1.807, 2.05) is 0 Å². The van der Waals surface area contributed by atoms with Crippen molar-refractivity contribution in [2.45, 2.75) is 30.0 Å². The van der Waals surface area contributed by atoms with Gasteiger partial charge in [0.25, 0.3) is 10.0 Å². The standard InChI is InChI=1S/C21H24N6O5S2/c28-14(12-32-17-3-1-2-16-19(17)26-21(29)25-16)10-23-13-5-8-27(9-6-13)34(30,31)20-15-11-24-33-18(15)4-7-22-20/h1-4,7,11,13-14,23,28H,5-6,8-10,12H2,(H2,25,26,29)/t14-/m0/s1. The Kier molecular flexibility index (Phi) is 6.36. The highest BCUT2D eigenvalue weighted by molar-refractivity contribution is 7.89. The number of benzene rings is 1. The molecule has 0 bridgehead atoms. The first-order chi connectivity index (χ1) is 16.4. The maximum absolute atomic E-state index is 13.1. The molecule has 180 valence electrons. The molecule has 13 heteroatoms. The van der Waals surface area contributed by atoms with Gasteiger partial charge in [0.05, 0.1) is 21.8 Å². The van der Waals surface area contributed by atoms with E-state index in [4.69, 9.17) is 4.74 Å². The summed E-state index contributed by atoms with van der Waals surface area (Å²) >= 11 is 1.24. The molecule has 1 aliphatic rings. The minimum absolute atomic E-state index is 0.0523. The number of aliphatic hydroxyl groups excluding tert-OH is 1. The molecule has 5 rings (SSSR count). The smallest absolute Gasteiger partial charge is 0.323 e. The van der Waals surface area contributed by atoms with Crippen LogP contribution in [0, 0.1) is 0 Å². The van der Waals surface area contributed by atoms with Gasteiger partial charge in [-0.2, -0.15) is 8.68 Å². The van der Waals surface area contributed by atoms with Crippen LogP contribution >= 0.6 is 11.5 Å². The van der Waals surface area contributed by atoms with Crippen LogP contribution in [0.4, 0.5) is 0 Å². The summed E-state index contributed by atoms with van der Waals surface area (Å²) in [6.07, 6.45) is 3.52. The summed E-state index contributed by atoms with van der Waals surface area (Å²) in [6, 6.07) is 7.09. The fraction of sp³-hybridized carbons (Fsp3) is 0.381. The van der Waals surface area contributed by atoms with E-state index in [0.29, 0.717) is 54.6 Å². The van der Waals surface area contributed by atoms with Gasteiger partial charge in [0, 0.05) is 31.9 Å². The first kappa shape index (κ1) is 22.9. The lowest BCUT2D eigenvalue weighted by molar-refractivity contribution is 0.101. The van der Waals surface area contributed by atoms with Gasteiger partial charge in [-0.1, -0.05) is 6.07 Å². The summed E-state index contributed by atoms with van der Waals surface area (Å²) in [5, 5.41) is 14.2. The van der Waals surface area contributed by atoms with Crippen LogP contribution in [0.25, 0.3) is 21.1 Å². The SMILES string of the molecule is O=c1[nH]c2cccc(OC[C@@H](O)CNC3CCN(S(=O)(=O)c4nccc5sncc45)CC3)c2[nH]1. The van der Waals surface area contributed by atoms with E-state index < -0.39 is 16.1 Å². The van der Waals surface area contributed by atoms with Crippen LogP contribution in [0.2, 0.25) is 0 Å². The molecule has 1 aliphatic heterocycles. The molecule has 4 heterocycles. The number of sulfonamides is 1. The molecule has 0 spiro atoms. The molecule has 4 aromatic rings. The number of aromatic amines is 2. The summed E-state index contributed by atoms with van der Waals surface area (Å²) < 4.78 is 38.3. The normalized spacial score (nSPS) is 16.9. The number of piperidine rings is 1. The number of imidazole rings is 1. The number of hydrogen-bond donors (Lipinski definition) is 4. The van der Waals surface area contributed by atoms with Crippen molar-refractivity contribution in [3.63, 3.8) is 0 Å². The maximum Gasteiger partial charge on any atom is 0.323 e. The van der Waals surface area contributed by atoms with Crippen molar-refractivity contribution in [2.75, 3.05) is 26.2 Å². The Morgan fingerprint density at radius 1 is 1.26 bits per heavy atom. The van der Waals surface area contributed by atoms with Gasteiger partial charge in [-0.15, -0.1) is 0 Å². The monoisotopic (exact) mass is 504 g/mol. The van der Waals surface area contributed by atoms with Crippen LogP contribution in [0.5, 0.6) is 5.75 Å². The number of aliphatic hydroxyl groups is 1. The number of fused-ring (bicyclic) bond motifs is 2. The van der Waals surface area contributed by atoms with Gasteiger partial charge in [0.1, 0.15) is 24.0 Å². The molecule has 1 saturated heterocycles. The zero-order valence-electron chi connectivity index (χ0n) is 18.1. The lowest BCUT2D eigenvalue weighted by Crippen LogP contribution is -2.47. The molecule has 34 heavy (non-hydrogen) atoms. The molecular formula is C21H24N6O5S2. The molecule has 1 aromatic carbocycles. The second-order valence-corrected chi connectivity index (χ2v) is 10.8. The number of aromatic nitrogens is 4. The van der Waals surface area contributed by atoms with Crippen molar-refractivity contribution in [2.24, 2.45) is 0 Å². The van der Waals surface area contributed by atoms with Gasteiger partial charge >= 0.3 is 5.69 Å². The van der Waals surface area contributed by atoms with E-state index in [0.717, 1.165) is 4.70 Å². The van der Waals surface area contributed by atoms with Crippen LogP contribution in [-0.2, 0) is 10.0 Å². The first-order valence-electron chi connectivity index (χ1n) is 10.9. The minimum atomic E-state index is -3.70. The molecule has 0 unspecified atom stereocenters. The lowest BCUT2D eigenvalue weighted by Gasteiger charge is -2.32. The second kappa shape index (κ2) is 9.43. The van der Waals surface area contributed by atoms with E-state index in [2.05, 4.69) is 24.6 Å². The van der Waals surface area contributed by atoms with Crippen LogP contribution in [0.3, 0.4) is 0 Å². The molecule has 3 aromatic heterocycles. The molecule has 0 saturated carbocycles. The third kappa shape index (κ3) is 4.57. The molecule has 4 N–H and O–H groups in total. The average molecular weight is 505 g/mol. The summed E-state index contributed by atoms with van der Waals surface area (Å²) in [6.45, 7) is 1.09. The number of pyridine rings is 1. The largest absolute Gasteiger partial charge is 0.489 e. The van der Waals surface area contributed by atoms with Gasteiger partial charge in [-0.25, -0.2) is 18.2 Å². The van der Waals surface area contributed by atoms with E-state index in [1.165, 1.54) is 22.0 Å². The van der Waals surface area contributed by atoms with Crippen molar-refractivity contribution in [3.05, 3.63) is 47.1 Å².